The van der Waals surface area contributed by atoms with E-state index in [0.29, 0.717) is 0 Å². The largest absolute Gasteiger partial charge is 0.388 e. The summed E-state index contributed by atoms with van der Waals surface area (Å²) in [6, 6.07) is 0. The molecule has 4 heteroatoms. The Morgan fingerprint density at radius 3 is 2.44 bits per heavy atom. The minimum absolute atomic E-state index is 0.0372. The van der Waals surface area contributed by atoms with Gasteiger partial charge in [-0.2, -0.15) is 0 Å². The first-order valence-corrected chi connectivity index (χ1v) is 6.14. The summed E-state index contributed by atoms with van der Waals surface area (Å²) in [5.41, 5.74) is 0. The van der Waals surface area contributed by atoms with Gasteiger partial charge in [-0.3, -0.25) is 0 Å². The highest BCUT2D eigenvalue weighted by molar-refractivity contribution is 4.97. The SMILES string of the molecule is CCCC1OC(C)C(O)C2OC(C)(C)OC12. The average Bonchev–Trinajstić information content (AvgIpc) is 2.51. The van der Waals surface area contributed by atoms with Crippen LogP contribution in [0.15, 0.2) is 0 Å². The molecule has 2 heterocycles. The summed E-state index contributed by atoms with van der Waals surface area (Å²) in [5.74, 6) is -0.615. The lowest BCUT2D eigenvalue weighted by Gasteiger charge is -2.38. The topological polar surface area (TPSA) is 47.9 Å². The fourth-order valence-corrected chi connectivity index (χ4v) is 2.59. The molecule has 2 aliphatic rings. The van der Waals surface area contributed by atoms with Crippen molar-refractivity contribution in [3.8, 4) is 0 Å². The van der Waals surface area contributed by atoms with Gasteiger partial charge in [0.05, 0.1) is 12.2 Å². The van der Waals surface area contributed by atoms with Crippen molar-refractivity contribution in [3.05, 3.63) is 0 Å². The third-order valence-electron chi connectivity index (χ3n) is 3.31. The highest BCUT2D eigenvalue weighted by Crippen LogP contribution is 2.38. The molecule has 0 radical (unpaired) electrons. The maximum atomic E-state index is 10.0. The molecular weight excluding hydrogens is 208 g/mol. The van der Waals surface area contributed by atoms with Crippen molar-refractivity contribution in [3.63, 3.8) is 0 Å². The van der Waals surface area contributed by atoms with Crippen molar-refractivity contribution in [1.29, 1.82) is 0 Å². The summed E-state index contributed by atoms with van der Waals surface area (Å²) < 4.78 is 17.4. The molecule has 0 spiro atoms. The molecule has 0 aromatic rings. The van der Waals surface area contributed by atoms with Gasteiger partial charge >= 0.3 is 0 Å². The summed E-state index contributed by atoms with van der Waals surface area (Å²) in [6.07, 6.45) is 0.847. The van der Waals surface area contributed by atoms with Crippen LogP contribution < -0.4 is 0 Å². The second-order valence-electron chi connectivity index (χ2n) is 5.22. The second kappa shape index (κ2) is 4.26. The predicted molar refractivity (Wildman–Crippen MR) is 59.1 cm³/mol. The molecule has 2 rings (SSSR count). The van der Waals surface area contributed by atoms with Gasteiger partial charge in [0.2, 0.25) is 0 Å². The van der Waals surface area contributed by atoms with Crippen LogP contribution in [-0.4, -0.2) is 41.4 Å². The fraction of sp³-hybridized carbons (Fsp3) is 1.00. The van der Waals surface area contributed by atoms with Crippen molar-refractivity contribution < 1.29 is 19.3 Å². The lowest BCUT2D eigenvalue weighted by atomic mass is 9.93. The summed E-state index contributed by atoms with van der Waals surface area (Å²) in [5, 5.41) is 10.0. The minimum atomic E-state index is -0.615. The van der Waals surface area contributed by atoms with Gasteiger partial charge in [0, 0.05) is 0 Å². The zero-order valence-electron chi connectivity index (χ0n) is 10.5. The molecule has 0 saturated carbocycles. The molecule has 2 fully saturated rings. The van der Waals surface area contributed by atoms with E-state index in [4.69, 9.17) is 14.2 Å². The highest BCUT2D eigenvalue weighted by atomic mass is 16.8. The summed E-state index contributed by atoms with van der Waals surface area (Å²) in [7, 11) is 0. The van der Waals surface area contributed by atoms with Crippen molar-refractivity contribution >= 4 is 0 Å². The average molecular weight is 230 g/mol. The van der Waals surface area contributed by atoms with E-state index in [1.165, 1.54) is 0 Å². The number of rotatable bonds is 2. The molecule has 2 saturated heterocycles. The summed E-state index contributed by atoms with van der Waals surface area (Å²) >= 11 is 0. The minimum Gasteiger partial charge on any atom is -0.388 e. The van der Waals surface area contributed by atoms with Gasteiger partial charge in [-0.25, -0.2) is 0 Å². The first-order valence-electron chi connectivity index (χ1n) is 6.14. The third kappa shape index (κ3) is 2.12. The number of ether oxygens (including phenoxy) is 3. The van der Waals surface area contributed by atoms with Crippen molar-refractivity contribution in [2.75, 3.05) is 0 Å². The van der Waals surface area contributed by atoms with Gasteiger partial charge in [-0.15, -0.1) is 0 Å². The summed E-state index contributed by atoms with van der Waals surface area (Å²) in [4.78, 5) is 0. The van der Waals surface area contributed by atoms with Gasteiger partial charge in [-0.05, 0) is 27.2 Å². The zero-order chi connectivity index (χ0) is 11.9. The Kier molecular flexibility index (Phi) is 3.27. The Balaban J connectivity index is 2.15. The van der Waals surface area contributed by atoms with E-state index >= 15 is 0 Å². The van der Waals surface area contributed by atoms with E-state index in [1.54, 1.807) is 0 Å². The van der Waals surface area contributed by atoms with Crippen LogP contribution in [0.5, 0.6) is 0 Å². The molecule has 1 N–H and O–H groups in total. The zero-order valence-corrected chi connectivity index (χ0v) is 10.5. The van der Waals surface area contributed by atoms with E-state index in [2.05, 4.69) is 6.92 Å². The lowest BCUT2D eigenvalue weighted by molar-refractivity contribution is -0.182. The van der Waals surface area contributed by atoms with Crippen LogP contribution in [0.2, 0.25) is 0 Å². The molecule has 5 atom stereocenters. The van der Waals surface area contributed by atoms with Crippen LogP contribution in [0.3, 0.4) is 0 Å². The first kappa shape index (κ1) is 12.3. The Hall–Kier alpha value is -0.160. The number of aliphatic hydroxyl groups is 1. The number of aliphatic hydroxyl groups excluding tert-OH is 1. The third-order valence-corrected chi connectivity index (χ3v) is 3.31. The van der Waals surface area contributed by atoms with Crippen LogP contribution in [0.25, 0.3) is 0 Å². The van der Waals surface area contributed by atoms with Gasteiger partial charge in [0.15, 0.2) is 5.79 Å². The number of fused-ring (bicyclic) bond motifs is 1. The van der Waals surface area contributed by atoms with Crippen molar-refractivity contribution in [2.45, 2.75) is 76.8 Å². The van der Waals surface area contributed by atoms with Crippen molar-refractivity contribution in [1.82, 2.24) is 0 Å². The molecule has 16 heavy (non-hydrogen) atoms. The highest BCUT2D eigenvalue weighted by Gasteiger charge is 2.53. The molecule has 0 bridgehead atoms. The Labute approximate surface area is 96.9 Å². The van der Waals surface area contributed by atoms with E-state index in [1.807, 2.05) is 20.8 Å². The second-order valence-corrected chi connectivity index (χ2v) is 5.22. The van der Waals surface area contributed by atoms with Crippen molar-refractivity contribution in [2.24, 2.45) is 0 Å². The van der Waals surface area contributed by atoms with Crippen LogP contribution in [0, 0.1) is 0 Å². The molecule has 0 aromatic heterocycles. The normalized spacial score (nSPS) is 46.7. The van der Waals surface area contributed by atoms with E-state index < -0.39 is 11.9 Å². The monoisotopic (exact) mass is 230 g/mol. The molecular formula is C12H22O4. The molecule has 0 aliphatic carbocycles. The van der Waals surface area contributed by atoms with E-state index in [9.17, 15) is 5.11 Å². The predicted octanol–water partition coefficient (Wildman–Crippen LogP) is 1.45. The smallest absolute Gasteiger partial charge is 0.164 e. The Morgan fingerprint density at radius 1 is 1.19 bits per heavy atom. The lowest BCUT2D eigenvalue weighted by Crippen LogP contribution is -2.55. The van der Waals surface area contributed by atoms with E-state index in [-0.39, 0.29) is 24.4 Å². The van der Waals surface area contributed by atoms with E-state index in [0.717, 1.165) is 12.8 Å². The van der Waals surface area contributed by atoms with Crippen LogP contribution in [-0.2, 0) is 14.2 Å². The number of hydrogen-bond donors (Lipinski definition) is 1. The first-order chi connectivity index (χ1) is 7.44. The standard InChI is InChI=1S/C12H22O4/c1-5-6-8-10-11(9(13)7(2)14-8)16-12(3,4)15-10/h7-11,13H,5-6H2,1-4H3. The molecule has 4 nitrogen and oxygen atoms in total. The fourth-order valence-electron chi connectivity index (χ4n) is 2.59. The molecule has 2 aliphatic heterocycles. The molecule has 5 unspecified atom stereocenters. The maximum Gasteiger partial charge on any atom is 0.164 e. The molecule has 94 valence electrons. The maximum absolute atomic E-state index is 10.0. The van der Waals surface area contributed by atoms with Crippen LogP contribution >= 0.6 is 0 Å². The molecule has 0 amide bonds. The van der Waals surface area contributed by atoms with Gasteiger partial charge < -0.3 is 19.3 Å². The van der Waals surface area contributed by atoms with Crippen LogP contribution in [0.1, 0.15) is 40.5 Å². The Bertz CT molecular complexity index is 253. The molecule has 0 aromatic carbocycles. The number of hydrogen-bond acceptors (Lipinski definition) is 4. The van der Waals surface area contributed by atoms with Crippen LogP contribution in [0.4, 0.5) is 0 Å². The van der Waals surface area contributed by atoms with Gasteiger partial charge in [-0.1, -0.05) is 13.3 Å². The quantitative estimate of drug-likeness (QED) is 0.780. The summed E-state index contributed by atoms with van der Waals surface area (Å²) in [6.45, 7) is 7.77. The van der Waals surface area contributed by atoms with Gasteiger partial charge in [0.25, 0.3) is 0 Å². The van der Waals surface area contributed by atoms with Gasteiger partial charge in [0.1, 0.15) is 18.3 Å². The Morgan fingerprint density at radius 2 is 1.81 bits per heavy atom.